The first-order chi connectivity index (χ1) is 15.5. The molecule has 0 saturated heterocycles. The van der Waals surface area contributed by atoms with Gasteiger partial charge in [0.15, 0.2) is 0 Å². The standard InChI is InChI=1S/C24H25N5O3/c1-17-12-13-20(28-24(32)27-19-10-6-3-7-11-19)16-21(17)29-22(30)14-15-25-23(31)26-18-8-4-2-5-9-18/h2-13,16H,14-15H2,1H3,(H,29,30)(H2,25,26,31)(H2,27,28,32). The monoisotopic (exact) mass is 431 g/mol. The van der Waals surface area contributed by atoms with E-state index in [9.17, 15) is 14.4 Å². The van der Waals surface area contributed by atoms with Crippen LogP contribution in [0.4, 0.5) is 32.3 Å². The van der Waals surface area contributed by atoms with Crippen LogP contribution in [0.2, 0.25) is 0 Å². The zero-order valence-corrected chi connectivity index (χ0v) is 17.6. The van der Waals surface area contributed by atoms with Gasteiger partial charge in [-0.2, -0.15) is 0 Å². The van der Waals surface area contributed by atoms with Gasteiger partial charge in [-0.25, -0.2) is 9.59 Å². The van der Waals surface area contributed by atoms with Gasteiger partial charge in [0.25, 0.3) is 0 Å². The molecule has 3 rings (SSSR count). The molecule has 164 valence electrons. The highest BCUT2D eigenvalue weighted by Crippen LogP contribution is 2.21. The van der Waals surface area contributed by atoms with Crippen LogP contribution < -0.4 is 26.6 Å². The van der Waals surface area contributed by atoms with Crippen molar-refractivity contribution < 1.29 is 14.4 Å². The maximum absolute atomic E-state index is 12.3. The maximum Gasteiger partial charge on any atom is 0.323 e. The molecule has 5 N–H and O–H groups in total. The number of para-hydroxylation sites is 2. The molecular weight excluding hydrogens is 406 g/mol. The fourth-order valence-corrected chi connectivity index (χ4v) is 2.85. The first-order valence-corrected chi connectivity index (χ1v) is 10.1. The van der Waals surface area contributed by atoms with E-state index in [0.717, 1.165) is 5.56 Å². The minimum absolute atomic E-state index is 0.105. The van der Waals surface area contributed by atoms with Crippen LogP contribution in [-0.2, 0) is 4.79 Å². The summed E-state index contributed by atoms with van der Waals surface area (Å²) in [6.07, 6.45) is 0.105. The lowest BCUT2D eigenvalue weighted by atomic mass is 10.1. The van der Waals surface area contributed by atoms with E-state index in [1.807, 2.05) is 43.3 Å². The molecule has 0 bridgehead atoms. The Morgan fingerprint density at radius 1 is 0.656 bits per heavy atom. The van der Waals surface area contributed by atoms with Gasteiger partial charge < -0.3 is 26.6 Å². The molecule has 0 aliphatic carbocycles. The summed E-state index contributed by atoms with van der Waals surface area (Å²) in [5.74, 6) is -0.251. The van der Waals surface area contributed by atoms with E-state index in [1.165, 1.54) is 0 Å². The zero-order valence-electron chi connectivity index (χ0n) is 17.6. The quantitative estimate of drug-likeness (QED) is 0.371. The van der Waals surface area contributed by atoms with Gasteiger partial charge in [0.05, 0.1) is 0 Å². The number of hydrogen-bond donors (Lipinski definition) is 5. The van der Waals surface area contributed by atoms with E-state index in [0.29, 0.717) is 22.7 Å². The minimum atomic E-state index is -0.383. The van der Waals surface area contributed by atoms with E-state index < -0.39 is 0 Å². The van der Waals surface area contributed by atoms with Crippen molar-refractivity contribution >= 4 is 40.7 Å². The molecule has 0 aliphatic heterocycles. The van der Waals surface area contributed by atoms with E-state index in [4.69, 9.17) is 0 Å². The lowest BCUT2D eigenvalue weighted by molar-refractivity contribution is -0.116. The average Bonchev–Trinajstić information content (AvgIpc) is 2.77. The zero-order chi connectivity index (χ0) is 22.8. The van der Waals surface area contributed by atoms with Crippen molar-refractivity contribution in [1.29, 1.82) is 0 Å². The number of urea groups is 2. The van der Waals surface area contributed by atoms with E-state index in [2.05, 4.69) is 26.6 Å². The Labute approximate surface area is 186 Å². The highest BCUT2D eigenvalue weighted by molar-refractivity contribution is 6.00. The molecule has 0 aromatic heterocycles. The molecule has 0 atom stereocenters. The summed E-state index contributed by atoms with van der Waals surface area (Å²) in [4.78, 5) is 36.4. The molecule has 0 spiro atoms. The second-order valence-corrected chi connectivity index (χ2v) is 7.02. The van der Waals surface area contributed by atoms with E-state index >= 15 is 0 Å². The van der Waals surface area contributed by atoms with Crippen molar-refractivity contribution in [2.24, 2.45) is 0 Å². The van der Waals surface area contributed by atoms with Crippen molar-refractivity contribution in [3.63, 3.8) is 0 Å². The molecule has 3 aromatic carbocycles. The Bertz CT molecular complexity index is 1070. The van der Waals surface area contributed by atoms with Crippen LogP contribution in [0.3, 0.4) is 0 Å². The van der Waals surface area contributed by atoms with Crippen molar-refractivity contribution in [2.45, 2.75) is 13.3 Å². The molecule has 0 aliphatic rings. The Balaban J connectivity index is 1.47. The van der Waals surface area contributed by atoms with Crippen LogP contribution in [0.1, 0.15) is 12.0 Å². The van der Waals surface area contributed by atoms with Crippen molar-refractivity contribution in [2.75, 3.05) is 27.8 Å². The number of benzene rings is 3. The van der Waals surface area contributed by atoms with Gasteiger partial charge in [0, 0.05) is 35.7 Å². The number of rotatable bonds is 7. The third-order valence-electron chi connectivity index (χ3n) is 4.47. The van der Waals surface area contributed by atoms with E-state index in [1.54, 1.807) is 42.5 Å². The topological polar surface area (TPSA) is 111 Å². The van der Waals surface area contributed by atoms with Crippen molar-refractivity contribution in [1.82, 2.24) is 5.32 Å². The molecule has 0 fully saturated rings. The maximum atomic E-state index is 12.3. The summed E-state index contributed by atoms with van der Waals surface area (Å²) < 4.78 is 0. The Morgan fingerprint density at radius 3 is 1.84 bits per heavy atom. The third kappa shape index (κ3) is 7.17. The molecule has 0 heterocycles. The summed E-state index contributed by atoms with van der Waals surface area (Å²) in [7, 11) is 0. The smallest absolute Gasteiger partial charge is 0.323 e. The first kappa shape index (κ1) is 22.4. The number of carbonyl (C=O) groups is 3. The molecular formula is C24H25N5O3. The molecule has 0 unspecified atom stereocenters. The van der Waals surface area contributed by atoms with Crippen LogP contribution >= 0.6 is 0 Å². The number of nitrogens with one attached hydrogen (secondary N) is 5. The van der Waals surface area contributed by atoms with Crippen molar-refractivity contribution in [3.05, 3.63) is 84.4 Å². The fraction of sp³-hybridized carbons (Fsp3) is 0.125. The Morgan fingerprint density at radius 2 is 1.22 bits per heavy atom. The largest absolute Gasteiger partial charge is 0.337 e. The molecule has 8 nitrogen and oxygen atoms in total. The Hall–Kier alpha value is -4.33. The number of hydrogen-bond acceptors (Lipinski definition) is 3. The van der Waals surface area contributed by atoms with Gasteiger partial charge in [0.2, 0.25) is 5.91 Å². The van der Waals surface area contributed by atoms with E-state index in [-0.39, 0.29) is 30.9 Å². The molecule has 0 radical (unpaired) electrons. The van der Waals surface area contributed by atoms with Gasteiger partial charge in [0.1, 0.15) is 0 Å². The predicted molar refractivity (Wildman–Crippen MR) is 127 cm³/mol. The highest BCUT2D eigenvalue weighted by atomic mass is 16.2. The minimum Gasteiger partial charge on any atom is -0.337 e. The van der Waals surface area contributed by atoms with Crippen molar-refractivity contribution in [3.8, 4) is 0 Å². The number of aryl methyl sites for hydroxylation is 1. The van der Waals surface area contributed by atoms with Gasteiger partial charge in [-0.1, -0.05) is 42.5 Å². The van der Waals surface area contributed by atoms with Crippen LogP contribution in [0.25, 0.3) is 0 Å². The first-order valence-electron chi connectivity index (χ1n) is 10.1. The summed E-state index contributed by atoms with van der Waals surface area (Å²) in [6, 6.07) is 22.6. The number of amides is 5. The summed E-state index contributed by atoms with van der Waals surface area (Å²) in [6.45, 7) is 2.04. The lowest BCUT2D eigenvalue weighted by Gasteiger charge is -2.13. The average molecular weight is 431 g/mol. The second kappa shape index (κ2) is 11.2. The molecule has 32 heavy (non-hydrogen) atoms. The number of anilines is 4. The second-order valence-electron chi connectivity index (χ2n) is 7.02. The van der Waals surface area contributed by atoms with Gasteiger partial charge in [-0.3, -0.25) is 4.79 Å². The molecule has 5 amide bonds. The molecule has 3 aromatic rings. The van der Waals surface area contributed by atoms with Crippen LogP contribution in [-0.4, -0.2) is 24.5 Å². The lowest BCUT2D eigenvalue weighted by Crippen LogP contribution is -2.31. The normalized spacial score (nSPS) is 10.0. The molecule has 8 heteroatoms. The van der Waals surface area contributed by atoms with Gasteiger partial charge in [-0.15, -0.1) is 0 Å². The number of carbonyl (C=O) groups excluding carboxylic acids is 3. The highest BCUT2D eigenvalue weighted by Gasteiger charge is 2.09. The SMILES string of the molecule is Cc1ccc(NC(=O)Nc2ccccc2)cc1NC(=O)CCNC(=O)Nc1ccccc1. The summed E-state index contributed by atoms with van der Waals surface area (Å²) >= 11 is 0. The van der Waals surface area contributed by atoms with Gasteiger partial charge >= 0.3 is 12.1 Å². The van der Waals surface area contributed by atoms with Crippen LogP contribution in [0.15, 0.2) is 78.9 Å². The van der Waals surface area contributed by atoms with Crippen LogP contribution in [0.5, 0.6) is 0 Å². The van der Waals surface area contributed by atoms with Gasteiger partial charge in [-0.05, 0) is 48.9 Å². The summed E-state index contributed by atoms with van der Waals surface area (Å²) in [5, 5.41) is 13.6. The van der Waals surface area contributed by atoms with Crippen LogP contribution in [0, 0.1) is 6.92 Å². The molecule has 0 saturated carbocycles. The third-order valence-corrected chi connectivity index (χ3v) is 4.47. The summed E-state index contributed by atoms with van der Waals surface area (Å²) in [5.41, 5.74) is 3.32. The predicted octanol–water partition coefficient (Wildman–Crippen LogP) is 4.79. The fourth-order valence-electron chi connectivity index (χ4n) is 2.85. The Kier molecular flexibility index (Phi) is 7.80.